The highest BCUT2D eigenvalue weighted by Crippen LogP contribution is 2.47. The van der Waals surface area contributed by atoms with Crippen molar-refractivity contribution < 1.29 is 28.6 Å². The normalized spacial score (nSPS) is 15.1. The van der Waals surface area contributed by atoms with Crippen molar-refractivity contribution in [1.29, 1.82) is 0 Å². The molecule has 1 saturated heterocycles. The quantitative estimate of drug-likeness (QED) is 0.355. The lowest BCUT2D eigenvalue weighted by Crippen LogP contribution is -2.50. The van der Waals surface area contributed by atoms with Gasteiger partial charge in [-0.2, -0.15) is 0 Å². The number of ether oxygens (including phenoxy) is 2. The number of fused-ring (bicyclic) bond motifs is 3. The number of carbonyl (C=O) groups is 2. The minimum atomic E-state index is -0.500. The van der Waals surface area contributed by atoms with Crippen LogP contribution in [-0.2, 0) is 9.47 Å². The van der Waals surface area contributed by atoms with Crippen LogP contribution in [-0.4, -0.2) is 71.3 Å². The third-order valence-corrected chi connectivity index (χ3v) is 7.02. The van der Waals surface area contributed by atoms with Crippen LogP contribution in [0.1, 0.15) is 47.1 Å². The molecule has 1 aliphatic rings. The number of aromatic hydroxyl groups is 1. The average Bonchev–Trinajstić information content (AvgIpc) is 3.29. The van der Waals surface area contributed by atoms with Crippen molar-refractivity contribution >= 4 is 33.8 Å². The predicted molar refractivity (Wildman–Crippen MR) is 142 cm³/mol. The number of phenols is 1. The van der Waals surface area contributed by atoms with E-state index in [4.69, 9.17) is 13.9 Å². The smallest absolute Gasteiger partial charge is 0.409 e. The fraction of sp³-hybridized carbons (Fsp3) is 0.345. The number of carbonyl (C=O) groups excluding carboxylic acids is 2. The lowest BCUT2D eigenvalue weighted by atomic mass is 9.89. The fourth-order valence-corrected chi connectivity index (χ4v) is 5.34. The van der Waals surface area contributed by atoms with Crippen molar-refractivity contribution in [3.63, 3.8) is 0 Å². The van der Waals surface area contributed by atoms with Crippen LogP contribution in [0.15, 0.2) is 53.2 Å². The Morgan fingerprint density at radius 2 is 1.66 bits per heavy atom. The van der Waals surface area contributed by atoms with Gasteiger partial charge in [0.15, 0.2) is 0 Å². The average molecular weight is 518 g/mol. The van der Waals surface area contributed by atoms with Crippen molar-refractivity contribution in [1.82, 2.24) is 14.8 Å². The fourth-order valence-electron chi connectivity index (χ4n) is 5.34. The molecule has 0 spiro atoms. The number of hydrogen-bond donors (Lipinski definition) is 1. The minimum Gasteiger partial charge on any atom is -0.507 e. The Morgan fingerprint density at radius 3 is 2.32 bits per heavy atom. The van der Waals surface area contributed by atoms with Gasteiger partial charge < -0.3 is 23.9 Å². The van der Waals surface area contributed by atoms with E-state index in [0.29, 0.717) is 71.4 Å². The molecule has 0 saturated carbocycles. The summed E-state index contributed by atoms with van der Waals surface area (Å²) in [5.41, 5.74) is 2.29. The molecule has 1 fully saturated rings. The SMILES string of the molecule is CCOC(=O)c1c(C)oc2c1c(C(c1ccncc1)N1CCN(C(=O)OCC)CC1)c(O)c1ccccc12. The van der Waals surface area contributed by atoms with Crippen LogP contribution in [0.25, 0.3) is 21.7 Å². The van der Waals surface area contributed by atoms with E-state index in [1.165, 1.54) is 0 Å². The molecule has 1 N–H and O–H groups in total. The topological polar surface area (TPSA) is 105 Å². The number of nitrogens with zero attached hydrogens (tertiary/aromatic N) is 3. The molecule has 5 rings (SSSR count). The Morgan fingerprint density at radius 1 is 1.00 bits per heavy atom. The van der Waals surface area contributed by atoms with E-state index in [0.717, 1.165) is 5.56 Å². The Balaban J connectivity index is 1.74. The van der Waals surface area contributed by atoms with Crippen LogP contribution in [0, 0.1) is 6.92 Å². The molecular formula is C29H31N3O6. The number of amides is 1. The van der Waals surface area contributed by atoms with E-state index >= 15 is 0 Å². The van der Waals surface area contributed by atoms with Gasteiger partial charge in [0, 0.05) is 60.3 Å². The highest BCUT2D eigenvalue weighted by Gasteiger charge is 2.35. The van der Waals surface area contributed by atoms with E-state index in [1.807, 2.05) is 36.4 Å². The Labute approximate surface area is 220 Å². The van der Waals surface area contributed by atoms with Gasteiger partial charge in [0.25, 0.3) is 0 Å². The standard InChI is InChI=1S/C29H31N3O6/c1-4-36-28(34)22-18(3)38-27-21-9-7-6-8-20(21)26(33)24(23(22)27)25(19-10-12-30-13-11-19)31-14-16-32(17-15-31)29(35)37-5-2/h6-13,25,33H,4-5,14-17H2,1-3H3. The van der Waals surface area contributed by atoms with E-state index in [9.17, 15) is 14.7 Å². The number of pyridine rings is 1. The number of aryl methyl sites for hydroxylation is 1. The van der Waals surface area contributed by atoms with Crippen molar-refractivity contribution in [2.45, 2.75) is 26.8 Å². The first-order chi connectivity index (χ1) is 18.5. The largest absolute Gasteiger partial charge is 0.507 e. The van der Waals surface area contributed by atoms with E-state index < -0.39 is 12.0 Å². The number of benzene rings is 2. The van der Waals surface area contributed by atoms with Gasteiger partial charge in [-0.05, 0) is 38.5 Å². The summed E-state index contributed by atoms with van der Waals surface area (Å²) in [5, 5.41) is 13.7. The van der Waals surface area contributed by atoms with Gasteiger partial charge in [-0.3, -0.25) is 9.88 Å². The maximum Gasteiger partial charge on any atom is 0.409 e. The molecular weight excluding hydrogens is 486 g/mol. The molecule has 9 heteroatoms. The maximum absolute atomic E-state index is 13.2. The zero-order valence-corrected chi connectivity index (χ0v) is 21.8. The molecule has 0 radical (unpaired) electrons. The number of rotatable bonds is 6. The highest BCUT2D eigenvalue weighted by molar-refractivity contribution is 6.16. The maximum atomic E-state index is 13.2. The van der Waals surface area contributed by atoms with Crippen LogP contribution in [0.5, 0.6) is 5.75 Å². The number of furan rings is 1. The summed E-state index contributed by atoms with van der Waals surface area (Å²) >= 11 is 0. The van der Waals surface area contributed by atoms with Crippen LogP contribution < -0.4 is 0 Å². The van der Waals surface area contributed by atoms with E-state index in [1.54, 1.807) is 38.1 Å². The second-order valence-corrected chi connectivity index (χ2v) is 9.17. The summed E-state index contributed by atoms with van der Waals surface area (Å²) in [4.78, 5) is 33.6. The van der Waals surface area contributed by atoms with Gasteiger partial charge in [0.05, 0.1) is 19.3 Å². The van der Waals surface area contributed by atoms with E-state index in [-0.39, 0.29) is 18.4 Å². The Hall–Kier alpha value is -4.11. The lowest BCUT2D eigenvalue weighted by Gasteiger charge is -2.39. The summed E-state index contributed by atoms with van der Waals surface area (Å²) < 4.78 is 16.8. The molecule has 38 heavy (non-hydrogen) atoms. The van der Waals surface area contributed by atoms with Crippen LogP contribution >= 0.6 is 0 Å². The predicted octanol–water partition coefficient (Wildman–Crippen LogP) is 5.04. The number of piperazine rings is 1. The Bertz CT molecular complexity index is 1470. The van der Waals surface area contributed by atoms with E-state index in [2.05, 4.69) is 9.88 Å². The molecule has 1 unspecified atom stereocenters. The summed E-state index contributed by atoms with van der Waals surface area (Å²) in [5.74, 6) is 0.00503. The molecule has 1 atom stereocenters. The summed E-state index contributed by atoms with van der Waals surface area (Å²) in [6.45, 7) is 7.81. The van der Waals surface area contributed by atoms with Crippen molar-refractivity contribution in [3.05, 3.63) is 71.2 Å². The monoisotopic (exact) mass is 517 g/mol. The molecule has 1 aliphatic heterocycles. The molecule has 2 aromatic heterocycles. The summed E-state index contributed by atoms with van der Waals surface area (Å²) in [6.07, 6.45) is 3.08. The zero-order chi connectivity index (χ0) is 26.8. The van der Waals surface area contributed by atoms with Gasteiger partial charge in [-0.1, -0.05) is 24.3 Å². The van der Waals surface area contributed by atoms with Crippen molar-refractivity contribution in [2.75, 3.05) is 39.4 Å². The van der Waals surface area contributed by atoms with Crippen molar-refractivity contribution in [2.24, 2.45) is 0 Å². The molecule has 9 nitrogen and oxygen atoms in total. The third kappa shape index (κ3) is 4.43. The number of hydrogen-bond acceptors (Lipinski definition) is 8. The first kappa shape index (κ1) is 25.5. The molecule has 0 bridgehead atoms. The van der Waals surface area contributed by atoms with Gasteiger partial charge in [0.2, 0.25) is 0 Å². The van der Waals surface area contributed by atoms with Gasteiger partial charge in [-0.25, -0.2) is 9.59 Å². The minimum absolute atomic E-state index is 0.0779. The number of aromatic nitrogens is 1. The second kappa shape index (κ2) is 10.7. The van der Waals surface area contributed by atoms with Crippen molar-refractivity contribution in [3.8, 4) is 5.75 Å². The van der Waals surface area contributed by atoms with Gasteiger partial charge in [0.1, 0.15) is 22.7 Å². The second-order valence-electron chi connectivity index (χ2n) is 9.17. The first-order valence-electron chi connectivity index (χ1n) is 12.9. The van der Waals surface area contributed by atoms with Gasteiger partial charge in [-0.15, -0.1) is 0 Å². The first-order valence-corrected chi connectivity index (χ1v) is 12.9. The third-order valence-electron chi connectivity index (χ3n) is 7.02. The van der Waals surface area contributed by atoms with Crippen LogP contribution in [0.2, 0.25) is 0 Å². The summed E-state index contributed by atoms with van der Waals surface area (Å²) in [7, 11) is 0. The molecule has 2 aromatic carbocycles. The molecule has 0 aliphatic carbocycles. The lowest BCUT2D eigenvalue weighted by molar-refractivity contribution is 0.0525. The van der Waals surface area contributed by atoms with Gasteiger partial charge >= 0.3 is 12.1 Å². The summed E-state index contributed by atoms with van der Waals surface area (Å²) in [6, 6.07) is 10.8. The zero-order valence-electron chi connectivity index (χ0n) is 21.8. The Kier molecular flexibility index (Phi) is 7.20. The molecule has 3 heterocycles. The molecule has 198 valence electrons. The molecule has 1 amide bonds. The highest BCUT2D eigenvalue weighted by atomic mass is 16.6. The van der Waals surface area contributed by atoms with Crippen LogP contribution in [0.3, 0.4) is 0 Å². The number of esters is 1. The molecule has 4 aromatic rings. The van der Waals surface area contributed by atoms with Crippen LogP contribution in [0.4, 0.5) is 4.79 Å². The number of phenolic OH excluding ortho intramolecular Hbond substituents is 1.